The molecule has 0 spiro atoms. The fourth-order valence-corrected chi connectivity index (χ4v) is 0.924. The van der Waals surface area contributed by atoms with Crippen LogP contribution in [0.2, 0.25) is 0 Å². The van der Waals surface area contributed by atoms with Crippen molar-refractivity contribution in [1.82, 2.24) is 10.2 Å². The van der Waals surface area contributed by atoms with Crippen molar-refractivity contribution >= 4 is 17.3 Å². The zero-order chi connectivity index (χ0) is 8.43. The summed E-state index contributed by atoms with van der Waals surface area (Å²) in [5.41, 5.74) is 11.9. The predicted octanol–water partition coefficient (Wildman–Crippen LogP) is 0.0302. The maximum atomic E-state index is 5.58. The van der Waals surface area contributed by atoms with E-state index in [0.29, 0.717) is 11.6 Å². The van der Waals surface area contributed by atoms with Gasteiger partial charge in [0.1, 0.15) is 11.5 Å². The standard InChI is InChI=1S/C6H13N5/c1-3-11(2)4-5(7)9-10-6(4)8/h3H2,1-2H3,(H5,7,8,9,10). The molecule has 0 aliphatic carbocycles. The van der Waals surface area contributed by atoms with Gasteiger partial charge in [-0.15, -0.1) is 0 Å². The molecule has 0 saturated carbocycles. The smallest absolute Gasteiger partial charge is 0.171 e. The fraction of sp³-hybridized carbons (Fsp3) is 0.500. The molecule has 0 bridgehead atoms. The normalized spacial score (nSPS) is 10.0. The lowest BCUT2D eigenvalue weighted by atomic mass is 10.4. The zero-order valence-electron chi connectivity index (χ0n) is 6.76. The number of aromatic amines is 1. The molecule has 5 heteroatoms. The van der Waals surface area contributed by atoms with E-state index in [1.165, 1.54) is 0 Å². The summed E-state index contributed by atoms with van der Waals surface area (Å²) in [5, 5.41) is 6.38. The van der Waals surface area contributed by atoms with Crippen LogP contribution in [-0.4, -0.2) is 23.8 Å². The molecule has 0 atom stereocenters. The number of rotatable bonds is 2. The summed E-state index contributed by atoms with van der Waals surface area (Å²) < 4.78 is 0. The minimum absolute atomic E-state index is 0.451. The average molecular weight is 155 g/mol. The second-order valence-electron chi connectivity index (χ2n) is 2.39. The van der Waals surface area contributed by atoms with E-state index in [1.54, 1.807) is 0 Å². The molecule has 11 heavy (non-hydrogen) atoms. The van der Waals surface area contributed by atoms with Crippen LogP contribution >= 0.6 is 0 Å². The first-order valence-electron chi connectivity index (χ1n) is 3.47. The van der Waals surface area contributed by atoms with Gasteiger partial charge in [0, 0.05) is 13.6 Å². The Kier molecular flexibility index (Phi) is 1.89. The molecule has 0 saturated heterocycles. The lowest BCUT2D eigenvalue weighted by molar-refractivity contribution is 0.972. The van der Waals surface area contributed by atoms with Gasteiger partial charge in [-0.2, -0.15) is 5.10 Å². The lowest BCUT2D eigenvalue weighted by Crippen LogP contribution is -2.17. The Morgan fingerprint density at radius 1 is 1.55 bits per heavy atom. The molecule has 62 valence electrons. The van der Waals surface area contributed by atoms with Gasteiger partial charge in [0.05, 0.1) is 0 Å². The first-order valence-corrected chi connectivity index (χ1v) is 3.47. The Morgan fingerprint density at radius 2 is 2.18 bits per heavy atom. The lowest BCUT2D eigenvalue weighted by Gasteiger charge is -2.15. The number of nitrogens with zero attached hydrogens (tertiary/aromatic N) is 2. The molecule has 1 heterocycles. The van der Waals surface area contributed by atoms with E-state index >= 15 is 0 Å². The monoisotopic (exact) mass is 155 g/mol. The van der Waals surface area contributed by atoms with Crippen LogP contribution < -0.4 is 16.4 Å². The molecule has 1 aromatic rings. The largest absolute Gasteiger partial charge is 0.382 e. The van der Waals surface area contributed by atoms with Gasteiger partial charge < -0.3 is 16.4 Å². The summed E-state index contributed by atoms with van der Waals surface area (Å²) in [7, 11) is 1.91. The highest BCUT2D eigenvalue weighted by atomic mass is 15.3. The minimum atomic E-state index is 0.451. The van der Waals surface area contributed by atoms with Crippen molar-refractivity contribution < 1.29 is 0 Å². The highest BCUT2D eigenvalue weighted by Gasteiger charge is 2.10. The van der Waals surface area contributed by atoms with Gasteiger partial charge in [0.15, 0.2) is 5.82 Å². The van der Waals surface area contributed by atoms with Crippen molar-refractivity contribution in [1.29, 1.82) is 0 Å². The van der Waals surface area contributed by atoms with E-state index in [2.05, 4.69) is 10.2 Å². The second-order valence-corrected chi connectivity index (χ2v) is 2.39. The Bertz CT molecular complexity index is 222. The first-order chi connectivity index (χ1) is 5.16. The molecule has 0 unspecified atom stereocenters. The highest BCUT2D eigenvalue weighted by molar-refractivity contribution is 5.75. The maximum absolute atomic E-state index is 5.58. The minimum Gasteiger partial charge on any atom is -0.382 e. The van der Waals surface area contributed by atoms with Gasteiger partial charge in [-0.25, -0.2) is 0 Å². The number of nitrogen functional groups attached to an aromatic ring is 2. The molecule has 0 radical (unpaired) electrons. The zero-order valence-corrected chi connectivity index (χ0v) is 6.76. The van der Waals surface area contributed by atoms with Crippen molar-refractivity contribution in [2.75, 3.05) is 30.0 Å². The first kappa shape index (κ1) is 7.71. The van der Waals surface area contributed by atoms with Crippen LogP contribution in [0.15, 0.2) is 0 Å². The maximum Gasteiger partial charge on any atom is 0.171 e. The van der Waals surface area contributed by atoms with E-state index in [-0.39, 0.29) is 0 Å². The quantitative estimate of drug-likeness (QED) is 0.562. The van der Waals surface area contributed by atoms with Gasteiger partial charge in [0.25, 0.3) is 0 Å². The van der Waals surface area contributed by atoms with Gasteiger partial charge in [0.2, 0.25) is 0 Å². The highest BCUT2D eigenvalue weighted by Crippen LogP contribution is 2.25. The van der Waals surface area contributed by atoms with Crippen LogP contribution in [0.25, 0.3) is 0 Å². The molecule has 0 aliphatic rings. The van der Waals surface area contributed by atoms with E-state index in [0.717, 1.165) is 12.2 Å². The summed E-state index contributed by atoms with van der Waals surface area (Å²) in [6.07, 6.45) is 0. The third-order valence-electron chi connectivity index (χ3n) is 1.65. The van der Waals surface area contributed by atoms with E-state index in [1.807, 2.05) is 18.9 Å². The number of anilines is 3. The van der Waals surface area contributed by atoms with Gasteiger partial charge >= 0.3 is 0 Å². The van der Waals surface area contributed by atoms with Crippen LogP contribution in [0.3, 0.4) is 0 Å². The predicted molar refractivity (Wildman–Crippen MR) is 46.4 cm³/mol. The fourth-order valence-electron chi connectivity index (χ4n) is 0.924. The molecule has 0 fully saturated rings. The van der Waals surface area contributed by atoms with Crippen molar-refractivity contribution in [3.05, 3.63) is 0 Å². The number of hydrogen-bond donors (Lipinski definition) is 3. The molecule has 0 aromatic carbocycles. The van der Waals surface area contributed by atoms with E-state index in [9.17, 15) is 0 Å². The Labute approximate surface area is 65.4 Å². The number of nitrogens with two attached hydrogens (primary N) is 2. The van der Waals surface area contributed by atoms with Crippen molar-refractivity contribution in [2.45, 2.75) is 6.92 Å². The molecule has 1 rings (SSSR count). The summed E-state index contributed by atoms with van der Waals surface area (Å²) in [4.78, 5) is 1.94. The average Bonchev–Trinajstić information content (AvgIpc) is 2.30. The van der Waals surface area contributed by atoms with Crippen LogP contribution in [0.4, 0.5) is 17.3 Å². The Hall–Kier alpha value is -1.39. The topological polar surface area (TPSA) is 84.0 Å². The van der Waals surface area contributed by atoms with Crippen LogP contribution in [0.1, 0.15) is 6.92 Å². The Morgan fingerprint density at radius 3 is 2.55 bits per heavy atom. The second kappa shape index (κ2) is 2.69. The third-order valence-corrected chi connectivity index (χ3v) is 1.65. The van der Waals surface area contributed by atoms with Crippen molar-refractivity contribution in [3.63, 3.8) is 0 Å². The molecule has 5 nitrogen and oxygen atoms in total. The van der Waals surface area contributed by atoms with Gasteiger partial charge in [-0.3, -0.25) is 5.10 Å². The molecule has 0 amide bonds. The van der Waals surface area contributed by atoms with Gasteiger partial charge in [-0.05, 0) is 6.92 Å². The Balaban J connectivity index is 3.00. The van der Waals surface area contributed by atoms with Crippen LogP contribution in [0, 0.1) is 0 Å². The molecular weight excluding hydrogens is 142 g/mol. The summed E-state index contributed by atoms with van der Waals surface area (Å²) >= 11 is 0. The SMILES string of the molecule is CCN(C)c1c(N)n[nH]c1N. The third kappa shape index (κ3) is 1.21. The van der Waals surface area contributed by atoms with Gasteiger partial charge in [-0.1, -0.05) is 0 Å². The van der Waals surface area contributed by atoms with Crippen LogP contribution in [0.5, 0.6) is 0 Å². The number of H-pyrrole nitrogens is 1. The molecule has 5 N–H and O–H groups in total. The molecule has 1 aromatic heterocycles. The molecule has 0 aliphatic heterocycles. The van der Waals surface area contributed by atoms with E-state index in [4.69, 9.17) is 11.5 Å². The number of aromatic nitrogens is 2. The van der Waals surface area contributed by atoms with E-state index < -0.39 is 0 Å². The summed E-state index contributed by atoms with van der Waals surface area (Å²) in [6, 6.07) is 0. The molecular formula is C6H13N5. The number of hydrogen-bond acceptors (Lipinski definition) is 4. The number of nitrogens with one attached hydrogen (secondary N) is 1. The summed E-state index contributed by atoms with van der Waals surface area (Å²) in [6.45, 7) is 2.87. The van der Waals surface area contributed by atoms with Crippen molar-refractivity contribution in [3.8, 4) is 0 Å². The van der Waals surface area contributed by atoms with Crippen molar-refractivity contribution in [2.24, 2.45) is 0 Å². The summed E-state index contributed by atoms with van der Waals surface area (Å²) in [5.74, 6) is 0.971. The van der Waals surface area contributed by atoms with Crippen LogP contribution in [-0.2, 0) is 0 Å².